The molecule has 2 aromatic heterocycles. The zero-order valence-electron chi connectivity index (χ0n) is 9.87. The van der Waals surface area contributed by atoms with Crippen molar-refractivity contribution in [3.05, 3.63) is 30.2 Å². The summed E-state index contributed by atoms with van der Waals surface area (Å²) in [4.78, 5) is 19.5. The van der Waals surface area contributed by atoms with Gasteiger partial charge in [-0.25, -0.2) is 9.97 Å². The van der Waals surface area contributed by atoms with Crippen LogP contribution in [0.3, 0.4) is 0 Å². The van der Waals surface area contributed by atoms with E-state index in [9.17, 15) is 4.79 Å². The van der Waals surface area contributed by atoms with E-state index in [1.165, 1.54) is 12.4 Å². The van der Waals surface area contributed by atoms with E-state index in [1.54, 1.807) is 6.33 Å². The second-order valence-electron chi connectivity index (χ2n) is 3.51. The second-order valence-corrected chi connectivity index (χ2v) is 3.51. The van der Waals surface area contributed by atoms with Gasteiger partial charge in [-0.3, -0.25) is 4.79 Å². The van der Waals surface area contributed by atoms with Crippen molar-refractivity contribution in [2.75, 3.05) is 5.73 Å². The van der Waals surface area contributed by atoms with Gasteiger partial charge in [0.2, 0.25) is 0 Å². The molecule has 0 aromatic carbocycles. The van der Waals surface area contributed by atoms with Crippen molar-refractivity contribution in [1.29, 1.82) is 0 Å². The van der Waals surface area contributed by atoms with Gasteiger partial charge in [-0.1, -0.05) is 0 Å². The van der Waals surface area contributed by atoms with Crippen molar-refractivity contribution >= 4 is 11.7 Å². The molecule has 94 valence electrons. The van der Waals surface area contributed by atoms with E-state index in [-0.39, 0.29) is 24.0 Å². The Kier molecular flexibility index (Phi) is 3.46. The van der Waals surface area contributed by atoms with Gasteiger partial charge in [0.1, 0.15) is 6.33 Å². The summed E-state index contributed by atoms with van der Waals surface area (Å²) < 4.78 is 1.83. The number of nitrogens with two attached hydrogens (primary N) is 1. The minimum Gasteiger partial charge on any atom is -0.382 e. The molecule has 1 amide bonds. The number of aromatic nitrogens is 5. The zero-order valence-corrected chi connectivity index (χ0v) is 9.87. The van der Waals surface area contributed by atoms with Crippen LogP contribution in [0.5, 0.6) is 0 Å². The van der Waals surface area contributed by atoms with Gasteiger partial charge in [0, 0.05) is 18.9 Å². The molecule has 2 heterocycles. The van der Waals surface area contributed by atoms with Crippen molar-refractivity contribution in [2.45, 2.75) is 20.0 Å². The molecule has 2 rings (SSSR count). The number of hydrogen-bond acceptors (Lipinski definition) is 6. The average molecular weight is 247 g/mol. The van der Waals surface area contributed by atoms with E-state index < -0.39 is 0 Å². The summed E-state index contributed by atoms with van der Waals surface area (Å²) in [6, 6.07) is 0. The molecule has 0 bridgehead atoms. The minimum atomic E-state index is -0.383. The monoisotopic (exact) mass is 247 g/mol. The summed E-state index contributed by atoms with van der Waals surface area (Å²) in [5, 5.41) is 10.3. The number of carbonyl (C=O) groups excluding carboxylic acids is 1. The number of anilines is 1. The van der Waals surface area contributed by atoms with E-state index in [1.807, 2.05) is 11.5 Å². The number of rotatable bonds is 4. The van der Waals surface area contributed by atoms with Crippen LogP contribution < -0.4 is 11.1 Å². The SMILES string of the molecule is CCn1cnnc1CNC(=O)c1nccnc1N. The van der Waals surface area contributed by atoms with Crippen LogP contribution in [0.4, 0.5) is 5.82 Å². The topological polar surface area (TPSA) is 112 Å². The summed E-state index contributed by atoms with van der Waals surface area (Å²) >= 11 is 0. The molecule has 0 aliphatic rings. The third-order valence-electron chi connectivity index (χ3n) is 2.39. The Morgan fingerprint density at radius 1 is 1.44 bits per heavy atom. The molecule has 8 nitrogen and oxygen atoms in total. The maximum absolute atomic E-state index is 11.8. The number of nitrogens with zero attached hydrogens (tertiary/aromatic N) is 5. The molecule has 18 heavy (non-hydrogen) atoms. The Morgan fingerprint density at radius 2 is 2.22 bits per heavy atom. The van der Waals surface area contributed by atoms with Gasteiger partial charge in [0.05, 0.1) is 6.54 Å². The number of nitrogens with one attached hydrogen (secondary N) is 1. The molecule has 0 unspecified atom stereocenters. The molecule has 2 aromatic rings. The predicted molar refractivity (Wildman–Crippen MR) is 63.3 cm³/mol. The first-order valence-electron chi connectivity index (χ1n) is 5.43. The van der Waals surface area contributed by atoms with Gasteiger partial charge in [-0.05, 0) is 6.92 Å². The number of hydrogen-bond donors (Lipinski definition) is 2. The van der Waals surface area contributed by atoms with Gasteiger partial charge < -0.3 is 15.6 Å². The summed E-state index contributed by atoms with van der Waals surface area (Å²) in [6.07, 6.45) is 4.46. The molecule has 0 saturated heterocycles. The van der Waals surface area contributed by atoms with Crippen LogP contribution in [-0.2, 0) is 13.1 Å². The summed E-state index contributed by atoms with van der Waals surface area (Å²) in [7, 11) is 0. The second kappa shape index (κ2) is 5.21. The van der Waals surface area contributed by atoms with Gasteiger partial charge in [0.25, 0.3) is 5.91 Å². The van der Waals surface area contributed by atoms with Crippen molar-refractivity contribution in [2.24, 2.45) is 0 Å². The Bertz CT molecular complexity index is 551. The Morgan fingerprint density at radius 3 is 2.94 bits per heavy atom. The number of aryl methyl sites for hydroxylation is 1. The van der Waals surface area contributed by atoms with Gasteiger partial charge in [0.15, 0.2) is 17.3 Å². The molecule has 8 heteroatoms. The lowest BCUT2D eigenvalue weighted by Gasteiger charge is -2.06. The Labute approximate surface area is 103 Å². The maximum atomic E-state index is 11.8. The fourth-order valence-corrected chi connectivity index (χ4v) is 1.45. The fourth-order valence-electron chi connectivity index (χ4n) is 1.45. The van der Waals surface area contributed by atoms with E-state index in [0.29, 0.717) is 5.82 Å². The van der Waals surface area contributed by atoms with Crippen LogP contribution in [0.25, 0.3) is 0 Å². The molecule has 0 aliphatic heterocycles. The first-order valence-corrected chi connectivity index (χ1v) is 5.43. The first-order chi connectivity index (χ1) is 8.72. The van der Waals surface area contributed by atoms with E-state index in [2.05, 4.69) is 25.5 Å². The summed E-state index contributed by atoms with van der Waals surface area (Å²) in [5.41, 5.74) is 5.67. The van der Waals surface area contributed by atoms with Crippen molar-refractivity contribution in [3.63, 3.8) is 0 Å². The smallest absolute Gasteiger partial charge is 0.274 e. The van der Waals surface area contributed by atoms with Crippen molar-refractivity contribution < 1.29 is 4.79 Å². The highest BCUT2D eigenvalue weighted by Crippen LogP contribution is 2.03. The first kappa shape index (κ1) is 12.0. The minimum absolute atomic E-state index is 0.104. The number of carbonyl (C=O) groups is 1. The molecule has 0 spiro atoms. The van der Waals surface area contributed by atoms with Crippen LogP contribution in [0, 0.1) is 0 Å². The molecular weight excluding hydrogens is 234 g/mol. The molecule has 0 radical (unpaired) electrons. The Balaban J connectivity index is 2.03. The standard InChI is InChI=1S/C10H13N7O/c1-2-17-6-15-16-7(17)5-14-10(18)8-9(11)13-4-3-12-8/h3-4,6H,2,5H2,1H3,(H2,11,13)(H,14,18). The molecule has 0 saturated carbocycles. The van der Waals surface area contributed by atoms with E-state index in [0.717, 1.165) is 6.54 Å². The lowest BCUT2D eigenvalue weighted by molar-refractivity contribution is 0.0945. The number of nitrogen functional groups attached to an aromatic ring is 1. The third kappa shape index (κ3) is 2.42. The predicted octanol–water partition coefficient (Wildman–Crippen LogP) is -0.400. The lowest BCUT2D eigenvalue weighted by Crippen LogP contribution is -2.26. The Hall–Kier alpha value is -2.51. The highest BCUT2D eigenvalue weighted by atomic mass is 16.1. The summed E-state index contributed by atoms with van der Waals surface area (Å²) in [6.45, 7) is 2.98. The molecular formula is C10H13N7O. The van der Waals surface area contributed by atoms with Crippen LogP contribution in [0.2, 0.25) is 0 Å². The average Bonchev–Trinajstić information content (AvgIpc) is 2.84. The molecule has 0 atom stereocenters. The molecule has 0 fully saturated rings. The highest BCUT2D eigenvalue weighted by Gasteiger charge is 2.12. The van der Waals surface area contributed by atoms with Crippen LogP contribution in [-0.4, -0.2) is 30.6 Å². The molecule has 3 N–H and O–H groups in total. The fraction of sp³-hybridized carbons (Fsp3) is 0.300. The van der Waals surface area contributed by atoms with Gasteiger partial charge in [-0.15, -0.1) is 10.2 Å². The zero-order chi connectivity index (χ0) is 13.0. The van der Waals surface area contributed by atoms with Crippen molar-refractivity contribution in [1.82, 2.24) is 30.0 Å². The van der Waals surface area contributed by atoms with Crippen LogP contribution in [0.1, 0.15) is 23.2 Å². The summed E-state index contributed by atoms with van der Waals surface area (Å²) in [5.74, 6) is 0.395. The maximum Gasteiger partial charge on any atom is 0.274 e. The quantitative estimate of drug-likeness (QED) is 0.760. The highest BCUT2D eigenvalue weighted by molar-refractivity contribution is 5.96. The van der Waals surface area contributed by atoms with E-state index >= 15 is 0 Å². The number of amides is 1. The van der Waals surface area contributed by atoms with Crippen molar-refractivity contribution in [3.8, 4) is 0 Å². The third-order valence-corrected chi connectivity index (χ3v) is 2.39. The van der Waals surface area contributed by atoms with Crippen LogP contribution >= 0.6 is 0 Å². The van der Waals surface area contributed by atoms with E-state index in [4.69, 9.17) is 5.73 Å². The lowest BCUT2D eigenvalue weighted by atomic mass is 10.3. The normalized spacial score (nSPS) is 10.3. The molecule has 0 aliphatic carbocycles. The largest absolute Gasteiger partial charge is 0.382 e. The van der Waals surface area contributed by atoms with Gasteiger partial charge >= 0.3 is 0 Å². The van der Waals surface area contributed by atoms with Gasteiger partial charge in [-0.2, -0.15) is 0 Å². The van der Waals surface area contributed by atoms with Crippen LogP contribution in [0.15, 0.2) is 18.7 Å².